The fraction of sp³-hybridized carbons (Fsp3) is 0.611. The zero-order chi connectivity index (χ0) is 18.3. The second kappa shape index (κ2) is 8.65. The second-order valence-corrected chi connectivity index (χ2v) is 7.49. The summed E-state index contributed by atoms with van der Waals surface area (Å²) < 4.78 is 35.8. The molecule has 27 heavy (non-hydrogen) atoms. The number of rotatable bonds is 4. The molecule has 4 atom stereocenters. The average molecular weight is 514 g/mol. The number of nitrogens with zero attached hydrogens (tertiary/aromatic N) is 2. The van der Waals surface area contributed by atoms with E-state index in [0.29, 0.717) is 41.2 Å². The van der Waals surface area contributed by atoms with Crippen molar-refractivity contribution in [2.75, 3.05) is 20.1 Å². The van der Waals surface area contributed by atoms with Crippen LogP contribution >= 0.6 is 35.6 Å². The van der Waals surface area contributed by atoms with E-state index < -0.39 is 6.61 Å². The topological polar surface area (TPSA) is 46.1 Å². The Morgan fingerprint density at radius 2 is 2.00 bits per heavy atom. The van der Waals surface area contributed by atoms with Crippen molar-refractivity contribution in [2.45, 2.75) is 38.2 Å². The largest absolute Gasteiger partial charge is 0.434 e. The quantitative estimate of drug-likeness (QED) is 0.379. The van der Waals surface area contributed by atoms with Gasteiger partial charge in [0.05, 0.1) is 12.2 Å². The molecular formula is C18H23ClF2IN3O2. The van der Waals surface area contributed by atoms with Gasteiger partial charge < -0.3 is 19.7 Å². The van der Waals surface area contributed by atoms with Gasteiger partial charge in [-0.05, 0) is 31.0 Å². The van der Waals surface area contributed by atoms with Gasteiger partial charge >= 0.3 is 6.61 Å². The molecule has 0 amide bonds. The molecule has 0 radical (unpaired) electrons. The number of benzene rings is 1. The van der Waals surface area contributed by atoms with Gasteiger partial charge in [-0.1, -0.05) is 11.6 Å². The number of ether oxygens (including phenoxy) is 2. The SMILES string of the molecule is CN=C(NCc1cc(Cl)ccc1OC(F)F)N1CC2C3CCC(O3)C2C1.I. The molecule has 3 aliphatic heterocycles. The summed E-state index contributed by atoms with van der Waals surface area (Å²) in [6.07, 6.45) is 3.07. The molecule has 150 valence electrons. The second-order valence-electron chi connectivity index (χ2n) is 7.05. The van der Waals surface area contributed by atoms with E-state index in [1.54, 1.807) is 13.1 Å². The Kier molecular flexibility index (Phi) is 6.68. The number of likely N-dealkylation sites (tertiary alicyclic amines) is 1. The molecular weight excluding hydrogens is 491 g/mol. The molecule has 1 aromatic carbocycles. The Hall–Kier alpha value is -0.870. The van der Waals surface area contributed by atoms with E-state index in [1.165, 1.54) is 12.1 Å². The van der Waals surface area contributed by atoms with Gasteiger partial charge in [0, 0.05) is 49.1 Å². The molecule has 3 fully saturated rings. The summed E-state index contributed by atoms with van der Waals surface area (Å²) in [6, 6.07) is 4.63. The lowest BCUT2D eigenvalue weighted by molar-refractivity contribution is -0.0504. The third-order valence-corrected chi connectivity index (χ3v) is 5.87. The van der Waals surface area contributed by atoms with Crippen molar-refractivity contribution in [1.82, 2.24) is 10.2 Å². The fourth-order valence-electron chi connectivity index (χ4n) is 4.54. The first-order valence-corrected chi connectivity index (χ1v) is 9.27. The number of hydrogen-bond acceptors (Lipinski definition) is 3. The summed E-state index contributed by atoms with van der Waals surface area (Å²) >= 11 is 6.01. The maximum atomic E-state index is 12.6. The summed E-state index contributed by atoms with van der Waals surface area (Å²) in [4.78, 5) is 6.60. The first-order valence-electron chi connectivity index (χ1n) is 8.89. The minimum atomic E-state index is -2.87. The molecule has 4 rings (SSSR count). The monoisotopic (exact) mass is 513 g/mol. The Bertz CT molecular complexity index is 691. The van der Waals surface area contributed by atoms with Gasteiger partial charge in [-0.15, -0.1) is 24.0 Å². The molecule has 3 aliphatic rings. The van der Waals surface area contributed by atoms with Crippen LogP contribution in [-0.4, -0.2) is 49.8 Å². The molecule has 1 N–H and O–H groups in total. The van der Waals surface area contributed by atoms with E-state index in [9.17, 15) is 8.78 Å². The number of hydrogen-bond donors (Lipinski definition) is 1. The van der Waals surface area contributed by atoms with Crippen LogP contribution < -0.4 is 10.1 Å². The predicted molar refractivity (Wildman–Crippen MR) is 110 cm³/mol. The van der Waals surface area contributed by atoms with E-state index in [0.717, 1.165) is 31.9 Å². The van der Waals surface area contributed by atoms with Crippen LogP contribution in [0.4, 0.5) is 8.78 Å². The molecule has 4 unspecified atom stereocenters. The highest BCUT2D eigenvalue weighted by atomic mass is 127. The molecule has 1 aromatic rings. The van der Waals surface area contributed by atoms with Gasteiger partial charge in [0.1, 0.15) is 5.75 Å². The van der Waals surface area contributed by atoms with Crippen molar-refractivity contribution in [1.29, 1.82) is 0 Å². The molecule has 3 saturated heterocycles. The smallest absolute Gasteiger partial charge is 0.387 e. The standard InChI is InChI=1S/C18H22ClF2N3O2.HI/c1-22-18(24-8-12-13(9-24)16-5-4-15(12)25-16)23-7-10-6-11(19)2-3-14(10)26-17(20)21;/h2-3,6,12-13,15-17H,4-5,7-9H2,1H3,(H,22,23);1H. The van der Waals surface area contributed by atoms with E-state index in [1.807, 2.05) is 0 Å². The van der Waals surface area contributed by atoms with Gasteiger partial charge in [-0.2, -0.15) is 8.78 Å². The van der Waals surface area contributed by atoms with Crippen LogP contribution in [0.1, 0.15) is 18.4 Å². The minimum Gasteiger partial charge on any atom is -0.434 e. The van der Waals surface area contributed by atoms with Crippen molar-refractivity contribution in [3.05, 3.63) is 28.8 Å². The Balaban J connectivity index is 0.00000210. The lowest BCUT2D eigenvalue weighted by atomic mass is 9.82. The summed E-state index contributed by atoms with van der Waals surface area (Å²) in [7, 11) is 1.73. The zero-order valence-corrected chi connectivity index (χ0v) is 18.0. The van der Waals surface area contributed by atoms with Gasteiger partial charge in [-0.3, -0.25) is 4.99 Å². The van der Waals surface area contributed by atoms with Crippen LogP contribution in [0.2, 0.25) is 5.02 Å². The maximum absolute atomic E-state index is 12.6. The van der Waals surface area contributed by atoms with Gasteiger partial charge in [0.2, 0.25) is 0 Å². The number of aliphatic imine (C=N–C) groups is 1. The highest BCUT2D eigenvalue weighted by Gasteiger charge is 2.53. The molecule has 2 bridgehead atoms. The number of alkyl halides is 2. The van der Waals surface area contributed by atoms with E-state index in [4.69, 9.17) is 16.3 Å². The van der Waals surface area contributed by atoms with Crippen LogP contribution in [0.25, 0.3) is 0 Å². The molecule has 9 heteroatoms. The molecule has 0 aliphatic carbocycles. The molecule has 0 spiro atoms. The average Bonchev–Trinajstić information content (AvgIpc) is 3.30. The van der Waals surface area contributed by atoms with Crippen molar-refractivity contribution in [3.8, 4) is 5.75 Å². The Morgan fingerprint density at radius 1 is 1.33 bits per heavy atom. The zero-order valence-electron chi connectivity index (χ0n) is 14.9. The van der Waals surface area contributed by atoms with Gasteiger partial charge in [0.25, 0.3) is 0 Å². The third kappa shape index (κ3) is 4.27. The number of halogens is 4. The van der Waals surface area contributed by atoms with E-state index >= 15 is 0 Å². The summed E-state index contributed by atoms with van der Waals surface area (Å²) in [5.74, 6) is 2.02. The number of nitrogens with one attached hydrogen (secondary N) is 1. The maximum Gasteiger partial charge on any atom is 0.387 e. The number of guanidine groups is 1. The van der Waals surface area contributed by atoms with Crippen LogP contribution in [0.5, 0.6) is 5.75 Å². The summed E-state index contributed by atoms with van der Waals surface area (Å²) in [5.41, 5.74) is 0.571. The molecule has 0 aromatic heterocycles. The summed E-state index contributed by atoms with van der Waals surface area (Å²) in [6.45, 7) is -0.726. The van der Waals surface area contributed by atoms with Crippen LogP contribution in [-0.2, 0) is 11.3 Å². The van der Waals surface area contributed by atoms with Crippen molar-refractivity contribution < 1.29 is 18.3 Å². The molecule has 3 heterocycles. The summed E-state index contributed by atoms with van der Waals surface area (Å²) in [5, 5.41) is 3.73. The van der Waals surface area contributed by atoms with Gasteiger partial charge in [0.15, 0.2) is 5.96 Å². The van der Waals surface area contributed by atoms with Gasteiger partial charge in [-0.25, -0.2) is 0 Å². The lowest BCUT2D eigenvalue weighted by Gasteiger charge is -2.24. The van der Waals surface area contributed by atoms with Crippen LogP contribution in [0.15, 0.2) is 23.2 Å². The third-order valence-electron chi connectivity index (χ3n) is 5.64. The minimum absolute atomic E-state index is 0. The van der Waals surface area contributed by atoms with E-state index in [-0.39, 0.29) is 29.7 Å². The predicted octanol–water partition coefficient (Wildman–Crippen LogP) is 3.74. The molecule has 5 nitrogen and oxygen atoms in total. The number of fused-ring (bicyclic) bond motifs is 5. The Morgan fingerprint density at radius 3 is 2.59 bits per heavy atom. The normalized spacial score (nSPS) is 29.1. The van der Waals surface area contributed by atoms with Crippen molar-refractivity contribution >= 4 is 41.5 Å². The first-order chi connectivity index (χ1) is 12.5. The van der Waals surface area contributed by atoms with Crippen LogP contribution in [0.3, 0.4) is 0 Å². The molecule has 0 saturated carbocycles. The Labute approximate surface area is 179 Å². The highest BCUT2D eigenvalue weighted by Crippen LogP contribution is 2.47. The highest BCUT2D eigenvalue weighted by molar-refractivity contribution is 14.0. The first kappa shape index (κ1) is 20.9. The van der Waals surface area contributed by atoms with Crippen molar-refractivity contribution in [2.24, 2.45) is 16.8 Å². The van der Waals surface area contributed by atoms with Crippen LogP contribution in [0, 0.1) is 11.8 Å². The van der Waals surface area contributed by atoms with E-state index in [2.05, 4.69) is 19.9 Å². The fourth-order valence-corrected chi connectivity index (χ4v) is 4.73. The lowest BCUT2D eigenvalue weighted by Crippen LogP contribution is -2.41. The van der Waals surface area contributed by atoms with Crippen molar-refractivity contribution in [3.63, 3.8) is 0 Å².